The van der Waals surface area contributed by atoms with Crippen molar-refractivity contribution in [2.75, 3.05) is 42.5 Å². The van der Waals surface area contributed by atoms with E-state index in [0.717, 1.165) is 17.3 Å². The molecule has 0 bridgehead atoms. The number of amides is 2. The number of halogens is 1. The third-order valence-corrected chi connectivity index (χ3v) is 6.36. The van der Waals surface area contributed by atoms with E-state index in [1.165, 1.54) is 0 Å². The van der Waals surface area contributed by atoms with Gasteiger partial charge in [0.1, 0.15) is 23.8 Å². The first-order chi connectivity index (χ1) is 16.0. The van der Waals surface area contributed by atoms with Gasteiger partial charge >= 0.3 is 0 Å². The summed E-state index contributed by atoms with van der Waals surface area (Å²) in [7, 11) is 0. The second-order valence-electron chi connectivity index (χ2n) is 8.30. The molecule has 0 saturated carbocycles. The molecule has 5 rings (SSSR count). The molecule has 2 amide bonds. The monoisotopic (exact) mass is 465 g/mol. The summed E-state index contributed by atoms with van der Waals surface area (Å²) >= 11 is 5.95. The molecule has 4 heterocycles. The highest BCUT2D eigenvalue weighted by molar-refractivity contribution is 6.30. The number of rotatable bonds is 4. The smallest absolute Gasteiger partial charge is 0.228 e. The van der Waals surface area contributed by atoms with Crippen LogP contribution in [0.3, 0.4) is 0 Å². The minimum absolute atomic E-state index is 0.0298. The molecule has 3 aromatic rings. The highest BCUT2D eigenvalue weighted by Crippen LogP contribution is 2.28. The van der Waals surface area contributed by atoms with Crippen LogP contribution in [0, 0.1) is 12.8 Å². The van der Waals surface area contributed by atoms with E-state index in [1.807, 2.05) is 40.8 Å². The van der Waals surface area contributed by atoms with Crippen molar-refractivity contribution in [2.45, 2.75) is 13.3 Å². The molecule has 0 N–H and O–H groups in total. The number of carbonyl (C=O) groups is 2. The van der Waals surface area contributed by atoms with Crippen molar-refractivity contribution in [3.63, 3.8) is 0 Å². The molecule has 1 aromatic carbocycles. The number of carbonyl (C=O) groups excluding carboxylic acids is 2. The molecule has 2 aliphatic heterocycles. The van der Waals surface area contributed by atoms with Crippen LogP contribution in [0.25, 0.3) is 5.82 Å². The third kappa shape index (κ3) is 4.41. The number of aromatic nitrogens is 4. The molecule has 0 spiro atoms. The zero-order chi connectivity index (χ0) is 22.9. The Bertz CT molecular complexity index is 1160. The summed E-state index contributed by atoms with van der Waals surface area (Å²) in [6.07, 6.45) is 5.50. The number of aryl methyl sites for hydroxylation is 1. The Kier molecular flexibility index (Phi) is 5.72. The van der Waals surface area contributed by atoms with Gasteiger partial charge in [-0.15, -0.1) is 0 Å². The topological polar surface area (TPSA) is 87.5 Å². The van der Waals surface area contributed by atoms with Gasteiger partial charge in [-0.2, -0.15) is 0 Å². The van der Waals surface area contributed by atoms with Crippen LogP contribution in [-0.2, 0) is 9.59 Å². The summed E-state index contributed by atoms with van der Waals surface area (Å²) in [6, 6.07) is 9.07. The maximum Gasteiger partial charge on any atom is 0.228 e. The molecule has 1 unspecified atom stereocenters. The van der Waals surface area contributed by atoms with Crippen molar-refractivity contribution in [1.29, 1.82) is 0 Å². The number of anilines is 2. The van der Waals surface area contributed by atoms with Crippen LogP contribution in [0.2, 0.25) is 5.02 Å². The molecule has 2 aliphatic rings. The van der Waals surface area contributed by atoms with Gasteiger partial charge in [-0.3, -0.25) is 14.2 Å². The highest BCUT2D eigenvalue weighted by Gasteiger charge is 2.38. The Morgan fingerprint density at radius 1 is 1.06 bits per heavy atom. The van der Waals surface area contributed by atoms with Crippen molar-refractivity contribution in [3.8, 4) is 5.82 Å². The lowest BCUT2D eigenvalue weighted by molar-refractivity contribution is -0.136. The minimum atomic E-state index is -0.325. The molecule has 0 aliphatic carbocycles. The maximum atomic E-state index is 13.2. The van der Waals surface area contributed by atoms with E-state index in [2.05, 4.69) is 19.9 Å². The summed E-state index contributed by atoms with van der Waals surface area (Å²) in [5.74, 6) is 1.97. The Hall–Kier alpha value is -3.46. The quantitative estimate of drug-likeness (QED) is 0.587. The van der Waals surface area contributed by atoms with E-state index >= 15 is 0 Å². The Morgan fingerprint density at radius 2 is 1.79 bits per heavy atom. The van der Waals surface area contributed by atoms with E-state index in [4.69, 9.17) is 11.6 Å². The van der Waals surface area contributed by atoms with Gasteiger partial charge in [0.05, 0.1) is 5.92 Å². The van der Waals surface area contributed by atoms with Crippen molar-refractivity contribution in [2.24, 2.45) is 5.92 Å². The van der Waals surface area contributed by atoms with Crippen LogP contribution in [0.5, 0.6) is 0 Å². The van der Waals surface area contributed by atoms with Gasteiger partial charge in [0, 0.05) is 68.3 Å². The van der Waals surface area contributed by atoms with Crippen molar-refractivity contribution in [3.05, 3.63) is 59.9 Å². The molecule has 33 heavy (non-hydrogen) atoms. The van der Waals surface area contributed by atoms with Gasteiger partial charge in [-0.25, -0.2) is 15.0 Å². The third-order valence-electron chi connectivity index (χ3n) is 6.11. The molecule has 9 nitrogen and oxygen atoms in total. The Morgan fingerprint density at radius 3 is 2.48 bits per heavy atom. The molecular weight excluding hydrogens is 442 g/mol. The number of piperazine rings is 1. The van der Waals surface area contributed by atoms with E-state index < -0.39 is 0 Å². The Labute approximate surface area is 196 Å². The predicted molar refractivity (Wildman–Crippen MR) is 125 cm³/mol. The summed E-state index contributed by atoms with van der Waals surface area (Å²) in [6.45, 7) is 4.80. The second kappa shape index (κ2) is 8.82. The molecule has 2 aromatic heterocycles. The van der Waals surface area contributed by atoms with Gasteiger partial charge in [0.15, 0.2) is 0 Å². The lowest BCUT2D eigenvalue weighted by Crippen LogP contribution is -2.51. The first-order valence-electron chi connectivity index (χ1n) is 10.9. The van der Waals surface area contributed by atoms with Crippen LogP contribution >= 0.6 is 11.6 Å². The first-order valence-corrected chi connectivity index (χ1v) is 11.3. The van der Waals surface area contributed by atoms with Crippen LogP contribution in [0.1, 0.15) is 12.2 Å². The molecule has 170 valence electrons. The number of hydrogen-bond donors (Lipinski definition) is 0. The zero-order valence-corrected chi connectivity index (χ0v) is 19.0. The van der Waals surface area contributed by atoms with Gasteiger partial charge in [0.2, 0.25) is 11.8 Å². The largest absolute Gasteiger partial charge is 0.353 e. The lowest BCUT2D eigenvalue weighted by Gasteiger charge is -2.36. The standard InChI is InChI=1S/C23H24ClN7O2/c1-16-26-20(13-21(27-16)30-7-6-25-15-30)28-8-10-29(11-9-28)23(33)17-12-22(32)31(14-17)19-4-2-18(24)3-5-19/h2-7,13,15,17H,8-12,14H2,1H3. The average molecular weight is 466 g/mol. The van der Waals surface area contributed by atoms with E-state index in [0.29, 0.717) is 43.6 Å². The van der Waals surface area contributed by atoms with Crippen LogP contribution in [0.4, 0.5) is 11.5 Å². The van der Waals surface area contributed by atoms with Gasteiger partial charge in [0.25, 0.3) is 0 Å². The summed E-state index contributed by atoms with van der Waals surface area (Å²) in [4.78, 5) is 44.6. The number of nitrogens with zero attached hydrogens (tertiary/aromatic N) is 7. The van der Waals surface area contributed by atoms with Crippen molar-refractivity contribution in [1.82, 2.24) is 24.4 Å². The molecule has 2 saturated heterocycles. The fourth-order valence-corrected chi connectivity index (χ4v) is 4.51. The average Bonchev–Trinajstić information content (AvgIpc) is 3.49. The van der Waals surface area contributed by atoms with Crippen molar-refractivity contribution >= 4 is 34.9 Å². The molecular formula is C23H24ClN7O2. The fourth-order valence-electron chi connectivity index (χ4n) is 4.38. The van der Waals surface area contributed by atoms with Crippen LogP contribution < -0.4 is 9.80 Å². The van der Waals surface area contributed by atoms with Gasteiger partial charge in [-0.1, -0.05) is 11.6 Å². The first kappa shape index (κ1) is 21.4. The fraction of sp³-hybridized carbons (Fsp3) is 0.348. The summed E-state index contributed by atoms with van der Waals surface area (Å²) in [5, 5.41) is 0.618. The van der Waals surface area contributed by atoms with E-state index in [-0.39, 0.29) is 24.2 Å². The molecule has 1 atom stereocenters. The number of imidazole rings is 1. The van der Waals surface area contributed by atoms with Crippen molar-refractivity contribution < 1.29 is 9.59 Å². The SMILES string of the molecule is Cc1nc(N2CCN(C(=O)C3CC(=O)N(c4ccc(Cl)cc4)C3)CC2)cc(-n2ccnc2)n1. The molecule has 0 radical (unpaired) electrons. The Balaban J connectivity index is 1.22. The highest BCUT2D eigenvalue weighted by atomic mass is 35.5. The molecule has 2 fully saturated rings. The van der Waals surface area contributed by atoms with E-state index in [9.17, 15) is 9.59 Å². The van der Waals surface area contributed by atoms with E-state index in [1.54, 1.807) is 29.6 Å². The van der Waals surface area contributed by atoms with Gasteiger partial charge in [-0.05, 0) is 31.2 Å². The minimum Gasteiger partial charge on any atom is -0.353 e. The summed E-state index contributed by atoms with van der Waals surface area (Å²) < 4.78 is 1.85. The van der Waals surface area contributed by atoms with Crippen LogP contribution in [0.15, 0.2) is 49.1 Å². The molecule has 10 heteroatoms. The maximum absolute atomic E-state index is 13.2. The normalized spacial score (nSPS) is 18.8. The van der Waals surface area contributed by atoms with Crippen LogP contribution in [-0.4, -0.2) is 69.0 Å². The lowest BCUT2D eigenvalue weighted by atomic mass is 10.1. The number of benzene rings is 1. The predicted octanol–water partition coefficient (Wildman–Crippen LogP) is 2.33. The number of hydrogen-bond acceptors (Lipinski definition) is 6. The van der Waals surface area contributed by atoms with Gasteiger partial charge < -0.3 is 14.7 Å². The zero-order valence-electron chi connectivity index (χ0n) is 18.3. The second-order valence-corrected chi connectivity index (χ2v) is 8.73. The summed E-state index contributed by atoms with van der Waals surface area (Å²) in [5.41, 5.74) is 0.775.